The fraction of sp³-hybridized carbons (Fsp3) is 0.167. The maximum absolute atomic E-state index is 12.8. The fourth-order valence-corrected chi connectivity index (χ4v) is 3.27. The molecule has 3 aromatic rings. The molecular weight excluding hydrogens is 429 g/mol. The van der Waals surface area contributed by atoms with Gasteiger partial charge in [-0.05, 0) is 43.3 Å². The monoisotopic (exact) mass is 442 g/mol. The van der Waals surface area contributed by atoms with Crippen LogP contribution in [0.25, 0.3) is 16.6 Å². The first-order chi connectivity index (χ1) is 14.1. The molecular formula is C18H13F3N2O6S. The van der Waals surface area contributed by atoms with Gasteiger partial charge in [-0.2, -0.15) is 5.10 Å². The average molecular weight is 442 g/mol. The Kier molecular flexibility index (Phi) is 5.89. The van der Waals surface area contributed by atoms with Gasteiger partial charge in [0.25, 0.3) is 0 Å². The van der Waals surface area contributed by atoms with E-state index in [2.05, 4.69) is 9.84 Å². The Morgan fingerprint density at radius 1 is 1.20 bits per heavy atom. The summed E-state index contributed by atoms with van der Waals surface area (Å²) >= 11 is -2.56. The molecule has 0 saturated heterocycles. The zero-order chi connectivity index (χ0) is 22.1. The SMILES string of the molecule is CCOC(=O)c1nn(-c2ccc(OC(F)(F)F)cc2)c2cccc(S(=O)O)c2c1=O. The molecule has 158 valence electrons. The van der Waals surface area contributed by atoms with Crippen LogP contribution in [-0.4, -0.2) is 37.5 Å². The van der Waals surface area contributed by atoms with E-state index in [0.29, 0.717) is 0 Å². The molecule has 0 amide bonds. The molecule has 30 heavy (non-hydrogen) atoms. The molecule has 0 aliphatic carbocycles. The number of rotatable bonds is 5. The van der Waals surface area contributed by atoms with Crippen LogP contribution in [0.1, 0.15) is 17.4 Å². The minimum atomic E-state index is -4.87. The summed E-state index contributed by atoms with van der Waals surface area (Å²) in [5, 5.41) is 3.74. The van der Waals surface area contributed by atoms with Crippen molar-refractivity contribution in [1.82, 2.24) is 9.78 Å². The minimum absolute atomic E-state index is 0.0466. The van der Waals surface area contributed by atoms with Crippen LogP contribution >= 0.6 is 0 Å². The number of carbonyl (C=O) groups is 1. The maximum Gasteiger partial charge on any atom is 0.573 e. The summed E-state index contributed by atoms with van der Waals surface area (Å²) in [7, 11) is 0. The summed E-state index contributed by atoms with van der Waals surface area (Å²) in [6.07, 6.45) is -4.87. The Bertz CT molecular complexity index is 1190. The normalized spacial score (nSPS) is 12.6. The fourth-order valence-electron chi connectivity index (χ4n) is 2.71. The Morgan fingerprint density at radius 2 is 1.87 bits per heavy atom. The molecule has 3 rings (SSSR count). The summed E-state index contributed by atoms with van der Waals surface area (Å²) in [5.74, 6) is -1.53. The van der Waals surface area contributed by atoms with Gasteiger partial charge in [-0.25, -0.2) is 13.7 Å². The van der Waals surface area contributed by atoms with Gasteiger partial charge >= 0.3 is 12.3 Å². The van der Waals surface area contributed by atoms with Crippen molar-refractivity contribution in [3.63, 3.8) is 0 Å². The molecule has 0 spiro atoms. The van der Waals surface area contributed by atoms with Crippen molar-refractivity contribution in [3.05, 3.63) is 58.4 Å². The van der Waals surface area contributed by atoms with Gasteiger partial charge in [0, 0.05) is 0 Å². The third kappa shape index (κ3) is 4.33. The van der Waals surface area contributed by atoms with Crippen LogP contribution in [0.4, 0.5) is 13.2 Å². The number of halogens is 3. The van der Waals surface area contributed by atoms with Crippen LogP contribution in [0.15, 0.2) is 52.2 Å². The predicted molar refractivity (Wildman–Crippen MR) is 99.0 cm³/mol. The molecule has 0 bridgehead atoms. The second kappa shape index (κ2) is 8.24. The number of esters is 1. The van der Waals surface area contributed by atoms with Crippen molar-refractivity contribution in [1.29, 1.82) is 0 Å². The van der Waals surface area contributed by atoms with Crippen molar-refractivity contribution in [2.24, 2.45) is 0 Å². The van der Waals surface area contributed by atoms with Gasteiger partial charge in [0.05, 0.1) is 28.1 Å². The molecule has 0 fully saturated rings. The molecule has 2 aromatic carbocycles. The Morgan fingerprint density at radius 3 is 2.43 bits per heavy atom. The van der Waals surface area contributed by atoms with Gasteiger partial charge in [0.15, 0.2) is 11.1 Å². The van der Waals surface area contributed by atoms with Gasteiger partial charge < -0.3 is 14.0 Å². The Hall–Kier alpha value is -3.25. The first kappa shape index (κ1) is 21.5. The van der Waals surface area contributed by atoms with E-state index in [9.17, 15) is 31.5 Å². The first-order valence-corrected chi connectivity index (χ1v) is 9.43. The van der Waals surface area contributed by atoms with E-state index in [1.165, 1.54) is 37.3 Å². The number of hydrogen-bond donors (Lipinski definition) is 1. The van der Waals surface area contributed by atoms with E-state index in [0.717, 1.165) is 16.8 Å². The number of alkyl halides is 3. The lowest BCUT2D eigenvalue weighted by Crippen LogP contribution is -2.25. The van der Waals surface area contributed by atoms with Gasteiger partial charge in [0.1, 0.15) is 5.75 Å². The van der Waals surface area contributed by atoms with Crippen molar-refractivity contribution in [3.8, 4) is 11.4 Å². The second-order valence-electron chi connectivity index (χ2n) is 5.75. The van der Waals surface area contributed by atoms with Crippen molar-refractivity contribution in [2.75, 3.05) is 6.61 Å². The number of carbonyl (C=O) groups excluding carboxylic acids is 1. The molecule has 0 aliphatic heterocycles. The number of ether oxygens (including phenoxy) is 2. The van der Waals surface area contributed by atoms with E-state index in [1.54, 1.807) is 0 Å². The van der Waals surface area contributed by atoms with Crippen LogP contribution in [0.2, 0.25) is 0 Å². The zero-order valence-electron chi connectivity index (χ0n) is 15.2. The molecule has 0 saturated carbocycles. The molecule has 12 heteroatoms. The number of benzene rings is 2. The highest BCUT2D eigenvalue weighted by Crippen LogP contribution is 2.25. The van der Waals surface area contributed by atoms with Crippen LogP contribution < -0.4 is 10.2 Å². The summed E-state index contributed by atoms with van der Waals surface area (Å²) in [5.41, 5.74) is -1.31. The molecule has 1 N–H and O–H groups in total. The molecule has 1 atom stereocenters. The van der Waals surface area contributed by atoms with Crippen LogP contribution in [0, 0.1) is 0 Å². The maximum atomic E-state index is 12.8. The molecule has 8 nitrogen and oxygen atoms in total. The smallest absolute Gasteiger partial charge is 0.461 e. The lowest BCUT2D eigenvalue weighted by atomic mass is 10.2. The van der Waals surface area contributed by atoms with Crippen molar-refractivity contribution >= 4 is 28.0 Å². The highest BCUT2D eigenvalue weighted by atomic mass is 32.2. The van der Waals surface area contributed by atoms with Gasteiger partial charge in [-0.3, -0.25) is 4.79 Å². The zero-order valence-corrected chi connectivity index (χ0v) is 16.0. The molecule has 0 radical (unpaired) electrons. The minimum Gasteiger partial charge on any atom is -0.461 e. The predicted octanol–water partition coefficient (Wildman–Crippen LogP) is 3.04. The van der Waals surface area contributed by atoms with Crippen LogP contribution in [-0.2, 0) is 15.8 Å². The molecule has 1 heterocycles. The second-order valence-corrected chi connectivity index (χ2v) is 6.69. The quantitative estimate of drug-likeness (QED) is 0.478. The van der Waals surface area contributed by atoms with Crippen molar-refractivity contribution < 1.29 is 36.2 Å². The molecule has 1 aromatic heterocycles. The number of fused-ring (bicyclic) bond motifs is 1. The van der Waals surface area contributed by atoms with Gasteiger partial charge in [-0.1, -0.05) is 6.07 Å². The average Bonchev–Trinajstić information content (AvgIpc) is 2.67. The lowest BCUT2D eigenvalue weighted by molar-refractivity contribution is -0.274. The Labute approximate surface area is 169 Å². The number of hydrogen-bond acceptors (Lipinski definition) is 6. The van der Waals surface area contributed by atoms with E-state index in [1.807, 2.05) is 0 Å². The first-order valence-electron chi connectivity index (χ1n) is 8.32. The third-order valence-corrected chi connectivity index (χ3v) is 4.56. The summed E-state index contributed by atoms with van der Waals surface area (Å²) in [4.78, 5) is 24.7. The molecule has 1 unspecified atom stereocenters. The summed E-state index contributed by atoms with van der Waals surface area (Å²) in [6, 6.07) is 8.52. The molecule has 0 aliphatic rings. The lowest BCUT2D eigenvalue weighted by Gasteiger charge is -2.14. The van der Waals surface area contributed by atoms with Crippen molar-refractivity contribution in [2.45, 2.75) is 18.2 Å². The highest BCUT2D eigenvalue weighted by molar-refractivity contribution is 7.79. The van der Waals surface area contributed by atoms with Crippen LogP contribution in [0.5, 0.6) is 5.75 Å². The third-order valence-electron chi connectivity index (χ3n) is 3.85. The van der Waals surface area contributed by atoms with Gasteiger partial charge in [0.2, 0.25) is 11.1 Å². The van der Waals surface area contributed by atoms with E-state index in [-0.39, 0.29) is 28.1 Å². The topological polar surface area (TPSA) is 108 Å². The standard InChI is InChI=1S/C18H13F3N2O6S/c1-2-28-17(25)15-16(24)14-12(4-3-5-13(14)30(26)27)23(22-15)10-6-8-11(9-7-10)29-18(19,20)21/h3-9H,2H2,1H3,(H,26,27). The Balaban J connectivity index is 2.27. The largest absolute Gasteiger partial charge is 0.573 e. The highest BCUT2D eigenvalue weighted by Gasteiger charge is 2.31. The van der Waals surface area contributed by atoms with E-state index in [4.69, 9.17) is 4.74 Å². The van der Waals surface area contributed by atoms with E-state index < -0.39 is 40.3 Å². The summed E-state index contributed by atoms with van der Waals surface area (Å²) in [6.45, 7) is 1.47. The summed E-state index contributed by atoms with van der Waals surface area (Å²) < 4.78 is 68.1. The van der Waals surface area contributed by atoms with E-state index >= 15 is 0 Å². The number of aromatic nitrogens is 2. The number of nitrogens with zero attached hydrogens (tertiary/aromatic N) is 2. The van der Waals surface area contributed by atoms with Crippen LogP contribution in [0.3, 0.4) is 0 Å². The van der Waals surface area contributed by atoms with Gasteiger partial charge in [-0.15, -0.1) is 13.2 Å².